The van der Waals surface area contributed by atoms with Gasteiger partial charge in [0.15, 0.2) is 0 Å². The number of carbonyl (C=O) groups is 2. The van der Waals surface area contributed by atoms with E-state index >= 15 is 0 Å². The first-order valence-electron chi connectivity index (χ1n) is 13.7. The Morgan fingerprint density at radius 3 is 2.62 bits per heavy atom. The number of aliphatic hydroxyl groups is 1. The summed E-state index contributed by atoms with van der Waals surface area (Å²) in [4.78, 5) is 28.3. The minimum atomic E-state index is -0.963. The fourth-order valence-corrected chi connectivity index (χ4v) is 7.67. The van der Waals surface area contributed by atoms with E-state index in [0.29, 0.717) is 31.7 Å². The number of urea groups is 1. The Kier molecular flexibility index (Phi) is 6.03. The number of imide groups is 1. The van der Waals surface area contributed by atoms with Gasteiger partial charge in [0.2, 0.25) is 5.91 Å². The molecular formula is C30H37N3O4. The number of aromatic hydroxyl groups is 1. The molecule has 4 fully saturated rings. The van der Waals surface area contributed by atoms with Gasteiger partial charge >= 0.3 is 6.03 Å². The molecule has 4 aliphatic rings. The summed E-state index contributed by atoms with van der Waals surface area (Å²) in [5, 5.41) is 28.2. The zero-order valence-corrected chi connectivity index (χ0v) is 21.5. The van der Waals surface area contributed by atoms with E-state index in [1.54, 1.807) is 12.1 Å². The van der Waals surface area contributed by atoms with Gasteiger partial charge in [0.1, 0.15) is 5.75 Å². The third-order valence-corrected chi connectivity index (χ3v) is 9.54. The molecule has 196 valence electrons. The van der Waals surface area contributed by atoms with Crippen molar-refractivity contribution in [1.29, 1.82) is 0 Å². The Balaban J connectivity index is 1.23. The van der Waals surface area contributed by atoms with Crippen LogP contribution < -0.4 is 10.6 Å². The van der Waals surface area contributed by atoms with E-state index in [0.717, 1.165) is 42.1 Å². The summed E-state index contributed by atoms with van der Waals surface area (Å²) in [6.45, 7) is 4.40. The monoisotopic (exact) mass is 503 g/mol. The maximum absolute atomic E-state index is 13.3. The highest BCUT2D eigenvalue weighted by Crippen LogP contribution is 2.64. The molecule has 5 atom stereocenters. The Bertz CT molecular complexity index is 1200. The van der Waals surface area contributed by atoms with Crippen LogP contribution in [0.2, 0.25) is 0 Å². The number of amides is 3. The molecule has 2 aromatic carbocycles. The number of nitrogens with zero attached hydrogens (tertiary/aromatic N) is 1. The first-order valence-corrected chi connectivity index (χ1v) is 13.7. The van der Waals surface area contributed by atoms with E-state index in [1.165, 1.54) is 12.8 Å². The van der Waals surface area contributed by atoms with Gasteiger partial charge in [-0.2, -0.15) is 0 Å². The molecule has 1 saturated heterocycles. The Hall–Kier alpha value is -2.90. The first kappa shape index (κ1) is 24.4. The number of rotatable bonds is 6. The van der Waals surface area contributed by atoms with E-state index in [-0.39, 0.29) is 23.6 Å². The molecule has 3 saturated carbocycles. The van der Waals surface area contributed by atoms with Crippen LogP contribution in [0, 0.1) is 24.7 Å². The number of hydrogen-bond donors (Lipinski definition) is 4. The summed E-state index contributed by atoms with van der Waals surface area (Å²) in [5.74, 6) is 0.621. The van der Waals surface area contributed by atoms with Crippen molar-refractivity contribution in [2.45, 2.75) is 69.1 Å². The number of carbonyl (C=O) groups excluding carboxylic acids is 2. The molecule has 0 bridgehead atoms. The summed E-state index contributed by atoms with van der Waals surface area (Å²) in [5.41, 5.74) is 1.33. The van der Waals surface area contributed by atoms with Crippen molar-refractivity contribution < 1.29 is 19.8 Å². The largest absolute Gasteiger partial charge is 0.508 e. The predicted octanol–water partition coefficient (Wildman–Crippen LogP) is 3.61. The maximum Gasteiger partial charge on any atom is 0.321 e. The summed E-state index contributed by atoms with van der Waals surface area (Å²) in [7, 11) is 0. The molecule has 0 spiro atoms. The zero-order valence-electron chi connectivity index (χ0n) is 21.5. The smallest absolute Gasteiger partial charge is 0.321 e. The standard InChI is InChI=1S/C30H37N3O4/c1-19-7-10-24(34)13-25(19)29-14-22(27(35)32-28(36)31-16-20-5-3-2-4-6-20)11-12-30(29,37)26-23(15-29)18-33(26)17-21-8-9-21/h2-7,10,13,21-23,26,34,37H,8-9,11-12,14-18H2,1H3,(H2,31,32,35,36). The molecule has 37 heavy (non-hydrogen) atoms. The lowest BCUT2D eigenvalue weighted by Gasteiger charge is -2.55. The number of nitrogens with one attached hydrogen (secondary N) is 2. The number of fused-ring (bicyclic) bond motifs is 3. The van der Waals surface area contributed by atoms with Crippen LogP contribution in [0.3, 0.4) is 0 Å². The lowest BCUT2D eigenvalue weighted by molar-refractivity contribution is -0.146. The minimum absolute atomic E-state index is 0.0908. The van der Waals surface area contributed by atoms with Gasteiger partial charge in [0, 0.05) is 37.0 Å². The second kappa shape index (κ2) is 9.14. The van der Waals surface area contributed by atoms with E-state index in [2.05, 4.69) is 15.5 Å². The molecule has 3 aliphatic carbocycles. The first-order chi connectivity index (χ1) is 17.8. The zero-order chi connectivity index (χ0) is 25.8. The summed E-state index contributed by atoms with van der Waals surface area (Å²) >= 11 is 0. The molecule has 7 heteroatoms. The van der Waals surface area contributed by atoms with Crippen LogP contribution in [0.25, 0.3) is 0 Å². The topological polar surface area (TPSA) is 102 Å². The fraction of sp³-hybridized carbons (Fsp3) is 0.533. The Morgan fingerprint density at radius 1 is 1.08 bits per heavy atom. The van der Waals surface area contributed by atoms with Crippen LogP contribution in [0.5, 0.6) is 5.75 Å². The van der Waals surface area contributed by atoms with Gasteiger partial charge in [0.25, 0.3) is 0 Å². The van der Waals surface area contributed by atoms with Gasteiger partial charge in [-0.1, -0.05) is 36.4 Å². The van der Waals surface area contributed by atoms with Crippen LogP contribution >= 0.6 is 0 Å². The van der Waals surface area contributed by atoms with Gasteiger partial charge in [0.05, 0.1) is 5.60 Å². The molecule has 1 heterocycles. The van der Waals surface area contributed by atoms with Crippen LogP contribution in [-0.2, 0) is 16.8 Å². The van der Waals surface area contributed by atoms with Crippen molar-refractivity contribution in [3.63, 3.8) is 0 Å². The minimum Gasteiger partial charge on any atom is -0.508 e. The van der Waals surface area contributed by atoms with Crippen LogP contribution in [0.15, 0.2) is 48.5 Å². The Morgan fingerprint density at radius 2 is 1.86 bits per heavy atom. The third-order valence-electron chi connectivity index (χ3n) is 9.54. The molecule has 4 N–H and O–H groups in total. The quantitative estimate of drug-likeness (QED) is 0.483. The van der Waals surface area contributed by atoms with Crippen molar-refractivity contribution in [3.8, 4) is 5.75 Å². The highest BCUT2D eigenvalue weighted by molar-refractivity contribution is 5.95. The molecular weight excluding hydrogens is 466 g/mol. The van der Waals surface area contributed by atoms with Gasteiger partial charge in [-0.25, -0.2) is 4.79 Å². The second-order valence-corrected chi connectivity index (χ2v) is 11.9. The summed E-state index contributed by atoms with van der Waals surface area (Å²) in [6.07, 6.45) is 4.86. The van der Waals surface area contributed by atoms with E-state index in [1.807, 2.05) is 43.3 Å². The molecule has 5 unspecified atom stereocenters. The molecule has 6 rings (SSSR count). The van der Waals surface area contributed by atoms with Crippen LogP contribution in [0.4, 0.5) is 4.79 Å². The van der Waals surface area contributed by atoms with E-state index < -0.39 is 17.0 Å². The molecule has 7 nitrogen and oxygen atoms in total. The highest BCUT2D eigenvalue weighted by atomic mass is 16.3. The molecule has 3 amide bonds. The number of likely N-dealkylation sites (tertiary alicyclic amines) is 1. The lowest BCUT2D eigenvalue weighted by atomic mass is 9.57. The Labute approximate surface area is 218 Å². The number of aryl methyl sites for hydroxylation is 1. The molecule has 0 aromatic heterocycles. The average molecular weight is 504 g/mol. The molecule has 0 radical (unpaired) electrons. The van der Waals surface area contributed by atoms with Crippen molar-refractivity contribution >= 4 is 11.9 Å². The SMILES string of the molecule is Cc1ccc(O)cc1C12CC(C(=O)NC(=O)NCc3ccccc3)CCC1(O)C1C(CN1CC1CC1)C2. The number of hydrogen-bond acceptors (Lipinski definition) is 5. The fourth-order valence-electron chi connectivity index (χ4n) is 7.67. The molecule has 2 aromatic rings. The van der Waals surface area contributed by atoms with Gasteiger partial charge in [-0.05, 0) is 86.1 Å². The normalized spacial score (nSPS) is 32.6. The average Bonchev–Trinajstić information content (AvgIpc) is 3.66. The molecule has 1 aliphatic heterocycles. The third kappa shape index (κ3) is 4.22. The van der Waals surface area contributed by atoms with E-state index in [9.17, 15) is 19.8 Å². The van der Waals surface area contributed by atoms with Gasteiger partial charge in [-0.3, -0.25) is 15.0 Å². The van der Waals surface area contributed by atoms with Crippen molar-refractivity contribution in [1.82, 2.24) is 15.5 Å². The highest BCUT2D eigenvalue weighted by Gasteiger charge is 2.71. The van der Waals surface area contributed by atoms with Gasteiger partial charge < -0.3 is 15.5 Å². The second-order valence-electron chi connectivity index (χ2n) is 11.9. The van der Waals surface area contributed by atoms with Gasteiger partial charge in [-0.15, -0.1) is 0 Å². The number of phenols is 1. The van der Waals surface area contributed by atoms with Crippen molar-refractivity contribution in [2.75, 3.05) is 13.1 Å². The number of phenolic OH excluding ortho intramolecular Hbond substituents is 1. The van der Waals surface area contributed by atoms with Crippen LogP contribution in [0.1, 0.15) is 55.2 Å². The maximum atomic E-state index is 13.3. The van der Waals surface area contributed by atoms with Crippen molar-refractivity contribution in [2.24, 2.45) is 17.8 Å². The van der Waals surface area contributed by atoms with Crippen LogP contribution in [-0.4, -0.2) is 51.8 Å². The number of benzene rings is 2. The summed E-state index contributed by atoms with van der Waals surface area (Å²) in [6, 6.07) is 14.6. The van der Waals surface area contributed by atoms with E-state index in [4.69, 9.17) is 0 Å². The predicted molar refractivity (Wildman–Crippen MR) is 140 cm³/mol. The lowest BCUT2D eigenvalue weighted by Crippen LogP contribution is -2.67. The summed E-state index contributed by atoms with van der Waals surface area (Å²) < 4.78 is 0. The van der Waals surface area contributed by atoms with Crippen molar-refractivity contribution in [3.05, 3.63) is 65.2 Å².